The molecule has 0 aliphatic rings. The fraction of sp³-hybridized carbons (Fsp3) is 0.231. The molecule has 2 aromatic rings. The van der Waals surface area contributed by atoms with E-state index >= 15 is 0 Å². The maximum absolute atomic E-state index is 8.93. The summed E-state index contributed by atoms with van der Waals surface area (Å²) in [6, 6.07) is 6.37. The molecular weight excluding hydrogens is 296 g/mol. The van der Waals surface area contributed by atoms with E-state index in [1.54, 1.807) is 0 Å². The highest BCUT2D eigenvalue weighted by Crippen LogP contribution is 2.35. The Hall–Kier alpha value is -1.18. The van der Waals surface area contributed by atoms with Crippen LogP contribution < -0.4 is 0 Å². The number of hydrogen-bond donors (Lipinski definition) is 0. The van der Waals surface area contributed by atoms with Gasteiger partial charge < -0.3 is 0 Å². The van der Waals surface area contributed by atoms with Crippen LogP contribution in [0, 0.1) is 32.1 Å². The molecule has 2 rings (SSSR count). The van der Waals surface area contributed by atoms with Crippen molar-refractivity contribution in [2.45, 2.75) is 20.8 Å². The molecule has 0 bridgehead atoms. The van der Waals surface area contributed by atoms with Crippen LogP contribution in [-0.2, 0) is 0 Å². The van der Waals surface area contributed by atoms with Gasteiger partial charge in [-0.1, -0.05) is 17.7 Å². The maximum atomic E-state index is 8.93. The van der Waals surface area contributed by atoms with Gasteiger partial charge in [-0.2, -0.15) is 5.26 Å². The van der Waals surface area contributed by atoms with E-state index in [1.807, 2.05) is 0 Å². The molecule has 0 radical (unpaired) electrons. The first-order valence-electron chi connectivity index (χ1n) is 5.17. The molecule has 0 amide bonds. The Kier molecular flexibility index (Phi) is 3.32. The van der Waals surface area contributed by atoms with E-state index in [-0.39, 0.29) is 0 Å². The topological polar surface area (TPSA) is 36.7 Å². The van der Waals surface area contributed by atoms with Gasteiger partial charge in [0.1, 0.15) is 14.9 Å². The number of halogens is 1. The van der Waals surface area contributed by atoms with Crippen molar-refractivity contribution in [1.82, 2.24) is 4.98 Å². The number of rotatable bonds is 1. The molecule has 1 heterocycles. The molecule has 0 saturated carbocycles. The Morgan fingerprint density at radius 2 is 1.82 bits per heavy atom. The average Bonchev–Trinajstić information content (AvgIpc) is 2.57. The van der Waals surface area contributed by atoms with Crippen LogP contribution >= 0.6 is 27.3 Å². The third-order valence-corrected chi connectivity index (χ3v) is 4.31. The molecule has 2 nitrogen and oxygen atoms in total. The lowest BCUT2D eigenvalue weighted by Crippen LogP contribution is -1.89. The van der Waals surface area contributed by atoms with Gasteiger partial charge in [-0.3, -0.25) is 0 Å². The quantitative estimate of drug-likeness (QED) is 0.784. The van der Waals surface area contributed by atoms with Crippen LogP contribution in [0.3, 0.4) is 0 Å². The predicted octanol–water partition coefficient (Wildman–Crippen LogP) is 4.37. The first-order valence-corrected chi connectivity index (χ1v) is 6.78. The zero-order valence-corrected chi connectivity index (χ0v) is 12.2. The predicted molar refractivity (Wildman–Crippen MR) is 74.2 cm³/mol. The second-order valence-electron chi connectivity index (χ2n) is 4.03. The van der Waals surface area contributed by atoms with E-state index in [1.165, 1.54) is 28.0 Å². The van der Waals surface area contributed by atoms with Crippen molar-refractivity contribution in [3.05, 3.63) is 38.3 Å². The minimum absolute atomic E-state index is 0.462. The fourth-order valence-corrected chi connectivity index (χ4v) is 3.55. The van der Waals surface area contributed by atoms with E-state index in [2.05, 4.69) is 59.9 Å². The molecule has 86 valence electrons. The summed E-state index contributed by atoms with van der Waals surface area (Å²) in [5, 5.41) is 9.83. The van der Waals surface area contributed by atoms with Crippen LogP contribution in [0.4, 0.5) is 0 Å². The molecule has 1 aromatic carbocycles. The van der Waals surface area contributed by atoms with Crippen molar-refractivity contribution in [2.24, 2.45) is 0 Å². The molecule has 0 fully saturated rings. The van der Waals surface area contributed by atoms with E-state index in [9.17, 15) is 0 Å². The van der Waals surface area contributed by atoms with Crippen LogP contribution in [0.1, 0.15) is 22.4 Å². The van der Waals surface area contributed by atoms with E-state index in [0.717, 1.165) is 14.4 Å². The fourth-order valence-electron chi connectivity index (χ4n) is 1.99. The highest BCUT2D eigenvalue weighted by atomic mass is 79.9. The summed E-state index contributed by atoms with van der Waals surface area (Å²) in [6.07, 6.45) is 0. The number of nitriles is 1. The number of aryl methyl sites for hydroxylation is 3. The Morgan fingerprint density at radius 1 is 1.24 bits per heavy atom. The molecule has 1 aromatic heterocycles. The molecular formula is C13H11BrN2S. The standard InChI is InChI=1S/C13H11BrN2S/c1-7-4-8(2)11(9(3)5-7)13-16-10(6-15)12(14)17-13/h4-5H,1-3H3. The van der Waals surface area contributed by atoms with E-state index in [4.69, 9.17) is 5.26 Å². The number of hydrogen-bond acceptors (Lipinski definition) is 3. The van der Waals surface area contributed by atoms with Gasteiger partial charge in [0.25, 0.3) is 0 Å². The summed E-state index contributed by atoms with van der Waals surface area (Å²) < 4.78 is 0.800. The van der Waals surface area contributed by atoms with Gasteiger partial charge in [-0.15, -0.1) is 11.3 Å². The van der Waals surface area contributed by atoms with Crippen LogP contribution in [-0.4, -0.2) is 4.98 Å². The van der Waals surface area contributed by atoms with Crippen molar-refractivity contribution in [2.75, 3.05) is 0 Å². The van der Waals surface area contributed by atoms with Gasteiger partial charge in [-0.25, -0.2) is 4.98 Å². The van der Waals surface area contributed by atoms with E-state index < -0.39 is 0 Å². The summed E-state index contributed by atoms with van der Waals surface area (Å²) >= 11 is 4.88. The van der Waals surface area contributed by atoms with Crippen molar-refractivity contribution in [3.63, 3.8) is 0 Å². The first-order chi connectivity index (χ1) is 8.02. The van der Waals surface area contributed by atoms with Crippen LogP contribution in [0.2, 0.25) is 0 Å². The Bertz CT molecular complexity index is 600. The summed E-state index contributed by atoms with van der Waals surface area (Å²) in [5.74, 6) is 0. The second-order valence-corrected chi connectivity index (χ2v) is 6.34. The molecule has 0 N–H and O–H groups in total. The SMILES string of the molecule is Cc1cc(C)c(-c2nc(C#N)c(Br)s2)c(C)c1. The lowest BCUT2D eigenvalue weighted by molar-refractivity contribution is 1.27. The van der Waals surface area contributed by atoms with Crippen LogP contribution in [0.15, 0.2) is 15.9 Å². The van der Waals surface area contributed by atoms with Gasteiger partial charge in [0.2, 0.25) is 0 Å². The van der Waals surface area contributed by atoms with Crippen LogP contribution in [0.25, 0.3) is 10.6 Å². The Balaban J connectivity index is 2.65. The van der Waals surface area contributed by atoms with Crippen molar-refractivity contribution < 1.29 is 0 Å². The van der Waals surface area contributed by atoms with Gasteiger partial charge in [0.15, 0.2) is 5.69 Å². The summed E-state index contributed by atoms with van der Waals surface area (Å²) in [7, 11) is 0. The lowest BCUT2D eigenvalue weighted by atomic mass is 10.0. The monoisotopic (exact) mass is 306 g/mol. The zero-order chi connectivity index (χ0) is 12.6. The zero-order valence-electron chi connectivity index (χ0n) is 9.84. The maximum Gasteiger partial charge on any atom is 0.166 e. The average molecular weight is 307 g/mol. The smallest absolute Gasteiger partial charge is 0.166 e. The summed E-state index contributed by atoms with van der Waals surface area (Å²) in [5.41, 5.74) is 5.26. The molecule has 0 aliphatic carbocycles. The number of thiazole rings is 1. The highest BCUT2D eigenvalue weighted by Gasteiger charge is 2.14. The van der Waals surface area contributed by atoms with Crippen molar-refractivity contribution >= 4 is 27.3 Å². The third kappa shape index (κ3) is 2.26. The number of benzene rings is 1. The lowest BCUT2D eigenvalue weighted by Gasteiger charge is -2.08. The highest BCUT2D eigenvalue weighted by molar-refractivity contribution is 9.11. The number of aromatic nitrogens is 1. The minimum Gasteiger partial charge on any atom is -0.224 e. The molecule has 0 unspecified atom stereocenters. The minimum atomic E-state index is 0.462. The van der Waals surface area contributed by atoms with Gasteiger partial charge in [0.05, 0.1) is 0 Å². The third-order valence-electron chi connectivity index (χ3n) is 2.58. The van der Waals surface area contributed by atoms with Gasteiger partial charge >= 0.3 is 0 Å². The van der Waals surface area contributed by atoms with Crippen molar-refractivity contribution in [1.29, 1.82) is 5.26 Å². The molecule has 0 aliphatic heterocycles. The Morgan fingerprint density at radius 3 is 2.29 bits per heavy atom. The molecule has 0 saturated heterocycles. The van der Waals surface area contributed by atoms with Crippen molar-refractivity contribution in [3.8, 4) is 16.6 Å². The normalized spacial score (nSPS) is 10.3. The largest absolute Gasteiger partial charge is 0.224 e. The molecule has 0 atom stereocenters. The van der Waals surface area contributed by atoms with Gasteiger partial charge in [-0.05, 0) is 47.8 Å². The summed E-state index contributed by atoms with van der Waals surface area (Å²) in [4.78, 5) is 4.36. The molecule has 0 spiro atoms. The molecule has 4 heteroatoms. The van der Waals surface area contributed by atoms with E-state index in [0.29, 0.717) is 5.69 Å². The van der Waals surface area contributed by atoms with Gasteiger partial charge in [0, 0.05) is 5.56 Å². The summed E-state index contributed by atoms with van der Waals surface area (Å²) in [6.45, 7) is 6.25. The molecule has 17 heavy (non-hydrogen) atoms. The second kappa shape index (κ2) is 4.59. The first kappa shape index (κ1) is 12.3. The Labute approximate surface area is 113 Å². The number of nitrogens with zero attached hydrogens (tertiary/aromatic N) is 2. The van der Waals surface area contributed by atoms with Crippen LogP contribution in [0.5, 0.6) is 0 Å².